The second kappa shape index (κ2) is 20.8. The molecule has 1 unspecified atom stereocenters. The second-order valence-corrected chi connectivity index (χ2v) is 5.80. The number of carbonyl (C=O) groups excluding carboxylic acids is 6. The van der Waals surface area contributed by atoms with Gasteiger partial charge in [0.2, 0.25) is 0 Å². The predicted octanol–water partition coefficient (Wildman–Crippen LogP) is 1.06. The van der Waals surface area contributed by atoms with Crippen LogP contribution >= 0.6 is 0 Å². The van der Waals surface area contributed by atoms with Gasteiger partial charge < -0.3 is 36.4 Å². The lowest BCUT2D eigenvalue weighted by Crippen LogP contribution is -2.49. The number of hydrogen-bond donors (Lipinski definition) is 4. The van der Waals surface area contributed by atoms with Crippen LogP contribution < -0.4 is 22.1 Å². The maximum Gasteiger partial charge on any atom is 0.337 e. The largest absolute Gasteiger partial charge is 0.466 e. The molecular weight excluding hydrogens is 424 g/mol. The molecule has 4 amide bonds. The van der Waals surface area contributed by atoms with Crippen molar-refractivity contribution >= 4 is 36.1 Å². The van der Waals surface area contributed by atoms with Gasteiger partial charge in [0.1, 0.15) is 18.5 Å². The van der Waals surface area contributed by atoms with Crippen molar-refractivity contribution in [2.24, 2.45) is 11.5 Å². The molecule has 0 radical (unpaired) electrons. The van der Waals surface area contributed by atoms with Gasteiger partial charge >= 0.3 is 24.0 Å². The first-order valence-corrected chi connectivity index (χ1v) is 10.0. The molecule has 0 aromatic rings. The number of ether oxygens (including phenoxy) is 2. The lowest BCUT2D eigenvalue weighted by molar-refractivity contribution is -0.145. The highest BCUT2D eigenvalue weighted by atomic mass is 16.5. The predicted molar refractivity (Wildman–Crippen MR) is 117 cm³/mol. The Morgan fingerprint density at radius 2 is 1.50 bits per heavy atom. The third-order valence-electron chi connectivity index (χ3n) is 3.26. The molecule has 184 valence electrons. The van der Waals surface area contributed by atoms with Crippen molar-refractivity contribution < 1.29 is 38.2 Å². The van der Waals surface area contributed by atoms with Crippen molar-refractivity contribution in [2.45, 2.75) is 66.8 Å². The number of hydrogen-bond acceptors (Lipinski definition) is 8. The van der Waals surface area contributed by atoms with Crippen LogP contribution in [0.3, 0.4) is 0 Å². The quantitative estimate of drug-likeness (QED) is 0.245. The molecule has 1 heterocycles. The zero-order valence-electron chi connectivity index (χ0n) is 19.6. The molecule has 12 heteroatoms. The number of carbonyl (C=O) groups is 6. The summed E-state index contributed by atoms with van der Waals surface area (Å²) in [4.78, 5) is 61.7. The molecule has 6 N–H and O–H groups in total. The highest BCUT2D eigenvalue weighted by Gasteiger charge is 2.28. The summed E-state index contributed by atoms with van der Waals surface area (Å²) in [6.07, 6.45) is 1.68. The Balaban J connectivity index is -0.000000426. The maximum atomic E-state index is 11.6. The number of amides is 4. The van der Waals surface area contributed by atoms with E-state index in [0.29, 0.717) is 37.3 Å². The number of aldehydes is 1. The number of primary amides is 2. The normalized spacial score (nSPS) is 13.7. The number of rotatable bonds is 7. The van der Waals surface area contributed by atoms with Crippen LogP contribution in [0, 0.1) is 0 Å². The fourth-order valence-corrected chi connectivity index (χ4v) is 2.06. The van der Waals surface area contributed by atoms with Crippen LogP contribution in [0.2, 0.25) is 0 Å². The van der Waals surface area contributed by atoms with Crippen molar-refractivity contribution in [1.29, 1.82) is 0 Å². The maximum absolute atomic E-state index is 11.6. The molecule has 1 aliphatic rings. The van der Waals surface area contributed by atoms with Crippen LogP contribution in [0.15, 0.2) is 11.3 Å². The van der Waals surface area contributed by atoms with Gasteiger partial charge in [-0.1, -0.05) is 13.8 Å². The molecular formula is C20H36N4O8. The van der Waals surface area contributed by atoms with Gasteiger partial charge in [0.05, 0.1) is 24.8 Å². The van der Waals surface area contributed by atoms with Crippen molar-refractivity contribution in [1.82, 2.24) is 10.6 Å². The third-order valence-corrected chi connectivity index (χ3v) is 3.26. The average Bonchev–Trinajstić information content (AvgIpc) is 2.68. The van der Waals surface area contributed by atoms with Gasteiger partial charge in [0, 0.05) is 12.1 Å². The average molecular weight is 461 g/mol. The highest BCUT2D eigenvalue weighted by molar-refractivity contribution is 5.95. The van der Waals surface area contributed by atoms with E-state index >= 15 is 0 Å². The number of urea groups is 2. The van der Waals surface area contributed by atoms with Gasteiger partial charge in [-0.2, -0.15) is 0 Å². The van der Waals surface area contributed by atoms with Crippen LogP contribution in [-0.2, 0) is 28.7 Å². The fraction of sp³-hybridized carbons (Fsp3) is 0.600. The van der Waals surface area contributed by atoms with E-state index in [1.807, 2.05) is 6.92 Å². The molecule has 0 bridgehead atoms. The van der Waals surface area contributed by atoms with Crippen LogP contribution in [0.1, 0.15) is 60.8 Å². The SMILES string of the molecule is CC=O.CCOC(=O)C1=C(CC)NC(=O)NC1C.CCOC(=O)CC(=O)CC.NC(N)=O. The van der Waals surface area contributed by atoms with E-state index in [2.05, 4.69) is 26.8 Å². The smallest absolute Gasteiger partial charge is 0.337 e. The van der Waals surface area contributed by atoms with Gasteiger partial charge in [-0.15, -0.1) is 0 Å². The van der Waals surface area contributed by atoms with Gasteiger partial charge in [-0.05, 0) is 34.1 Å². The molecule has 0 aliphatic carbocycles. The van der Waals surface area contributed by atoms with E-state index in [-0.39, 0.29) is 30.2 Å². The molecule has 32 heavy (non-hydrogen) atoms. The van der Waals surface area contributed by atoms with Crippen molar-refractivity contribution in [3.63, 3.8) is 0 Å². The van der Waals surface area contributed by atoms with E-state index < -0.39 is 12.0 Å². The molecule has 0 fully saturated rings. The second-order valence-electron chi connectivity index (χ2n) is 5.80. The number of nitrogens with one attached hydrogen (secondary N) is 2. The van der Waals surface area contributed by atoms with Crippen molar-refractivity contribution in [3.8, 4) is 0 Å². The Hall–Kier alpha value is -3.44. The minimum atomic E-state index is -0.833. The lowest BCUT2D eigenvalue weighted by Gasteiger charge is -2.25. The fourth-order valence-electron chi connectivity index (χ4n) is 2.06. The molecule has 0 spiro atoms. The van der Waals surface area contributed by atoms with Crippen molar-refractivity contribution in [2.75, 3.05) is 13.2 Å². The number of nitrogens with two attached hydrogens (primary N) is 2. The first-order chi connectivity index (χ1) is 14.9. The Morgan fingerprint density at radius 1 is 1.03 bits per heavy atom. The molecule has 0 aromatic carbocycles. The monoisotopic (exact) mass is 460 g/mol. The van der Waals surface area contributed by atoms with Gasteiger partial charge in [0.15, 0.2) is 0 Å². The molecule has 12 nitrogen and oxygen atoms in total. The zero-order chi connectivity index (χ0) is 25.7. The highest BCUT2D eigenvalue weighted by Crippen LogP contribution is 2.16. The first-order valence-electron chi connectivity index (χ1n) is 10.0. The lowest BCUT2D eigenvalue weighted by atomic mass is 10.0. The Morgan fingerprint density at radius 3 is 1.88 bits per heavy atom. The summed E-state index contributed by atoms with van der Waals surface area (Å²) in [5, 5.41) is 5.24. The van der Waals surface area contributed by atoms with E-state index in [0.717, 1.165) is 6.29 Å². The summed E-state index contributed by atoms with van der Waals surface area (Å²) in [7, 11) is 0. The van der Waals surface area contributed by atoms with Crippen LogP contribution in [0.4, 0.5) is 9.59 Å². The minimum absolute atomic E-state index is 0.0709. The Kier molecular flexibility index (Phi) is 21.6. The standard InChI is InChI=1S/C10H16N2O3.C7H12O3.C2H4O.CH4N2O/c1-4-7-8(9(13)15-5-2)6(3)11-10(14)12-7;1-3-6(8)5-7(9)10-4-2;1-2-3;2-1(3)4/h6H,4-5H2,1-3H3,(H2,11,12,14);3-5H2,1-2H3;2H,1H3;(H4,2,3,4). The number of esters is 2. The van der Waals surface area contributed by atoms with Gasteiger partial charge in [-0.25, -0.2) is 14.4 Å². The van der Waals surface area contributed by atoms with E-state index in [9.17, 15) is 19.2 Å². The number of allylic oxidation sites excluding steroid dienone is 1. The van der Waals surface area contributed by atoms with Crippen LogP contribution in [0.25, 0.3) is 0 Å². The first kappa shape index (κ1) is 33.2. The molecule has 0 saturated heterocycles. The Labute approximate surface area is 188 Å². The number of ketones is 1. The number of Topliss-reactive ketones (excluding diaryl/α,β-unsaturated/α-hetero) is 1. The molecule has 1 rings (SSSR count). The molecule has 1 atom stereocenters. The van der Waals surface area contributed by atoms with Gasteiger partial charge in [-0.3, -0.25) is 9.59 Å². The zero-order valence-corrected chi connectivity index (χ0v) is 19.6. The molecule has 0 saturated carbocycles. The summed E-state index contributed by atoms with van der Waals surface area (Å²) in [5.74, 6) is -0.859. The van der Waals surface area contributed by atoms with Crippen LogP contribution in [0.5, 0.6) is 0 Å². The van der Waals surface area contributed by atoms with E-state index in [1.165, 1.54) is 6.92 Å². The third kappa shape index (κ3) is 18.6. The van der Waals surface area contributed by atoms with E-state index in [4.69, 9.17) is 14.3 Å². The summed E-state index contributed by atoms with van der Waals surface area (Å²) in [6, 6.07) is -1.40. The summed E-state index contributed by atoms with van der Waals surface area (Å²) in [6.45, 7) is 11.0. The van der Waals surface area contributed by atoms with Gasteiger partial charge in [0.25, 0.3) is 0 Å². The molecule has 1 aliphatic heterocycles. The summed E-state index contributed by atoms with van der Waals surface area (Å²) >= 11 is 0. The summed E-state index contributed by atoms with van der Waals surface area (Å²) in [5.41, 5.74) is 9.66. The molecule has 0 aromatic heterocycles. The van der Waals surface area contributed by atoms with Crippen LogP contribution in [-0.4, -0.2) is 55.3 Å². The van der Waals surface area contributed by atoms with Crippen molar-refractivity contribution in [3.05, 3.63) is 11.3 Å². The Bertz CT molecular complexity index is 658. The summed E-state index contributed by atoms with van der Waals surface area (Å²) < 4.78 is 9.49. The minimum Gasteiger partial charge on any atom is -0.466 e. The topological polar surface area (TPSA) is 197 Å². The van der Waals surface area contributed by atoms with E-state index in [1.54, 1.807) is 27.7 Å².